The Morgan fingerprint density at radius 1 is 1.32 bits per heavy atom. The van der Waals surface area contributed by atoms with Crippen molar-refractivity contribution in [2.24, 2.45) is 0 Å². The van der Waals surface area contributed by atoms with E-state index < -0.39 is 24.9 Å². The number of aromatic nitrogens is 2. The van der Waals surface area contributed by atoms with Crippen molar-refractivity contribution in [2.45, 2.75) is 12.3 Å². The molecule has 2 heterocycles. The van der Waals surface area contributed by atoms with Gasteiger partial charge in [0.2, 0.25) is 0 Å². The standard InChI is InChI=1S/C19H25ClN5O5P/c1-23(2)31(20,28)29-13-15-11-24(3)12-17(30-15)25-10-9-16(22-19(25)27)21-18(26)14-7-5-4-6-8-14/h4-10,15,17H,11-13H2,1-3H3,(H,21,22,26,27)/t15-,17+,31?/m0/s1. The molecule has 0 spiro atoms. The summed E-state index contributed by atoms with van der Waals surface area (Å²) >= 11 is 5.90. The summed E-state index contributed by atoms with van der Waals surface area (Å²) in [4.78, 5) is 30.7. The summed E-state index contributed by atoms with van der Waals surface area (Å²) in [5.74, 6) is -0.212. The Hall–Kier alpha value is -2.07. The number of morpholine rings is 1. The first-order chi connectivity index (χ1) is 14.7. The molecule has 31 heavy (non-hydrogen) atoms. The van der Waals surface area contributed by atoms with Gasteiger partial charge in [0.25, 0.3) is 5.91 Å². The molecule has 1 amide bonds. The summed E-state index contributed by atoms with van der Waals surface area (Å²) in [5, 5.41) is 2.61. The molecule has 3 atom stereocenters. The SMILES string of the molecule is CN1C[C@@H](COP(=O)(Cl)N(C)C)O[C@@H](n2ccc(NC(=O)c3ccccc3)nc2=O)C1. The molecule has 10 nitrogen and oxygen atoms in total. The Morgan fingerprint density at radius 3 is 2.68 bits per heavy atom. The molecule has 0 saturated carbocycles. The van der Waals surface area contributed by atoms with E-state index in [4.69, 9.17) is 20.5 Å². The highest BCUT2D eigenvalue weighted by atomic mass is 35.7. The molecule has 12 heteroatoms. The summed E-state index contributed by atoms with van der Waals surface area (Å²) in [6.45, 7) is -2.44. The van der Waals surface area contributed by atoms with Gasteiger partial charge in [0.1, 0.15) is 5.82 Å². The van der Waals surface area contributed by atoms with Crippen molar-refractivity contribution < 1.29 is 18.6 Å². The smallest absolute Gasteiger partial charge is 0.350 e. The Morgan fingerprint density at radius 2 is 2.03 bits per heavy atom. The van der Waals surface area contributed by atoms with Crippen LogP contribution < -0.4 is 11.0 Å². The second-order valence-corrected chi connectivity index (χ2v) is 10.6. The van der Waals surface area contributed by atoms with Crippen LogP contribution in [0.25, 0.3) is 0 Å². The zero-order valence-corrected chi connectivity index (χ0v) is 19.1. The molecule has 1 saturated heterocycles. The van der Waals surface area contributed by atoms with Gasteiger partial charge in [-0.1, -0.05) is 18.2 Å². The third kappa shape index (κ3) is 6.22. The second-order valence-electron chi connectivity index (χ2n) is 7.35. The fraction of sp³-hybridized carbons (Fsp3) is 0.421. The molecule has 168 valence electrons. The van der Waals surface area contributed by atoms with Crippen molar-refractivity contribution in [1.82, 2.24) is 19.1 Å². The number of likely N-dealkylation sites (N-methyl/N-ethyl adjacent to an activating group) is 1. The number of benzene rings is 1. The highest BCUT2D eigenvalue weighted by Crippen LogP contribution is 2.54. The molecule has 1 N–H and O–H groups in total. The number of nitrogens with zero attached hydrogens (tertiary/aromatic N) is 4. The topological polar surface area (TPSA) is 106 Å². The number of carbonyl (C=O) groups excluding carboxylic acids is 1. The largest absolute Gasteiger partial charge is 0.362 e. The van der Waals surface area contributed by atoms with Crippen LogP contribution in [0.15, 0.2) is 47.4 Å². The van der Waals surface area contributed by atoms with Crippen molar-refractivity contribution in [1.29, 1.82) is 0 Å². The van der Waals surface area contributed by atoms with Crippen LogP contribution in [0.5, 0.6) is 0 Å². The Labute approximate surface area is 185 Å². The maximum Gasteiger partial charge on any atom is 0.362 e. The first-order valence-electron chi connectivity index (χ1n) is 9.57. The zero-order valence-electron chi connectivity index (χ0n) is 17.5. The average molecular weight is 470 g/mol. The van der Waals surface area contributed by atoms with Crippen molar-refractivity contribution in [3.63, 3.8) is 0 Å². The van der Waals surface area contributed by atoms with Crippen molar-refractivity contribution >= 4 is 29.8 Å². The van der Waals surface area contributed by atoms with Gasteiger partial charge in [-0.25, -0.2) is 9.46 Å². The lowest BCUT2D eigenvalue weighted by Crippen LogP contribution is -2.47. The van der Waals surface area contributed by atoms with Crippen molar-refractivity contribution in [2.75, 3.05) is 46.2 Å². The summed E-state index contributed by atoms with van der Waals surface area (Å²) in [6.07, 6.45) is 0.449. The number of hydrogen-bond donors (Lipinski definition) is 1. The van der Waals surface area contributed by atoms with Gasteiger partial charge in [-0.05, 0) is 50.6 Å². The second kappa shape index (κ2) is 10.0. The monoisotopic (exact) mass is 469 g/mol. The third-order valence-corrected chi connectivity index (χ3v) is 7.27. The predicted octanol–water partition coefficient (Wildman–Crippen LogP) is 2.25. The van der Waals surface area contributed by atoms with Crippen molar-refractivity contribution in [3.05, 3.63) is 58.6 Å². The van der Waals surface area contributed by atoms with Crippen LogP contribution in [-0.2, 0) is 13.8 Å². The first-order valence-corrected chi connectivity index (χ1v) is 12.1. The van der Waals surface area contributed by atoms with Crippen molar-refractivity contribution in [3.8, 4) is 0 Å². The number of halogens is 1. The van der Waals surface area contributed by atoms with E-state index in [0.29, 0.717) is 18.7 Å². The van der Waals surface area contributed by atoms with E-state index in [1.165, 1.54) is 21.5 Å². The molecule has 1 aromatic heterocycles. The summed E-state index contributed by atoms with van der Waals surface area (Å²) in [7, 11) is 5.00. The van der Waals surface area contributed by atoms with Gasteiger partial charge in [-0.2, -0.15) is 4.98 Å². The van der Waals surface area contributed by atoms with Crippen LogP contribution in [0.3, 0.4) is 0 Å². The maximum atomic E-state index is 12.6. The van der Waals surface area contributed by atoms with E-state index in [-0.39, 0.29) is 18.3 Å². The maximum absolute atomic E-state index is 12.6. The van der Waals surface area contributed by atoms with Gasteiger partial charge in [0.05, 0.1) is 12.7 Å². The highest BCUT2D eigenvalue weighted by molar-refractivity contribution is 7.83. The normalized spacial score (nSPS) is 21.6. The van der Waals surface area contributed by atoms with Gasteiger partial charge in [0, 0.05) is 24.8 Å². The average Bonchev–Trinajstić information content (AvgIpc) is 2.72. The minimum Gasteiger partial charge on any atom is -0.350 e. The molecule has 3 rings (SSSR count). The van der Waals surface area contributed by atoms with Gasteiger partial charge < -0.3 is 14.6 Å². The molecule has 0 bridgehead atoms. The van der Waals surface area contributed by atoms with Crippen LogP contribution in [0.2, 0.25) is 0 Å². The molecule has 0 aliphatic carbocycles. The number of carbonyl (C=O) groups is 1. The highest BCUT2D eigenvalue weighted by Gasteiger charge is 2.31. The van der Waals surface area contributed by atoms with Gasteiger partial charge >= 0.3 is 12.6 Å². The molecule has 1 aromatic carbocycles. The fourth-order valence-electron chi connectivity index (χ4n) is 3.01. The minimum absolute atomic E-state index is 0.00714. The Bertz CT molecular complexity index is 1020. The quantitative estimate of drug-likeness (QED) is 0.615. The van der Waals surface area contributed by atoms with Crippen LogP contribution in [0.4, 0.5) is 5.82 Å². The van der Waals surface area contributed by atoms with E-state index in [2.05, 4.69) is 10.3 Å². The molecule has 1 unspecified atom stereocenters. The van der Waals surface area contributed by atoms with E-state index in [0.717, 1.165) is 0 Å². The lowest BCUT2D eigenvalue weighted by Gasteiger charge is -2.36. The molecule has 1 aliphatic rings. The first kappa shape index (κ1) is 23.6. The molecule has 1 aliphatic heterocycles. The van der Waals surface area contributed by atoms with E-state index in [9.17, 15) is 14.2 Å². The molecular formula is C19H25ClN5O5P. The van der Waals surface area contributed by atoms with Crippen LogP contribution in [0.1, 0.15) is 16.6 Å². The van der Waals surface area contributed by atoms with Gasteiger partial charge in [-0.15, -0.1) is 0 Å². The summed E-state index contributed by atoms with van der Waals surface area (Å²) < 4.78 is 26.1. The predicted molar refractivity (Wildman–Crippen MR) is 117 cm³/mol. The summed E-state index contributed by atoms with van der Waals surface area (Å²) in [5.41, 5.74) is -0.106. The number of nitrogens with one attached hydrogen (secondary N) is 1. The van der Waals surface area contributed by atoms with E-state index >= 15 is 0 Å². The number of anilines is 1. The van der Waals surface area contributed by atoms with Gasteiger partial charge in [-0.3, -0.25) is 18.8 Å². The lowest BCUT2D eigenvalue weighted by atomic mass is 10.2. The fourth-order valence-corrected chi connectivity index (χ4v) is 3.76. The zero-order chi connectivity index (χ0) is 22.6. The minimum atomic E-state index is -3.41. The Kier molecular flexibility index (Phi) is 7.64. The Balaban J connectivity index is 1.68. The molecule has 0 radical (unpaired) electrons. The number of rotatable bonds is 7. The number of ether oxygens (including phenoxy) is 1. The molecule has 2 aromatic rings. The van der Waals surface area contributed by atoms with E-state index in [1.54, 1.807) is 38.4 Å². The number of amides is 1. The van der Waals surface area contributed by atoms with Gasteiger partial charge in [0.15, 0.2) is 6.23 Å². The molecule has 1 fully saturated rings. The summed E-state index contributed by atoms with van der Waals surface area (Å²) in [6, 6.07) is 10.2. The van der Waals surface area contributed by atoms with E-state index in [1.807, 2.05) is 18.0 Å². The van der Waals surface area contributed by atoms with Crippen LogP contribution >= 0.6 is 18.1 Å². The third-order valence-electron chi connectivity index (χ3n) is 4.65. The lowest BCUT2D eigenvalue weighted by molar-refractivity contribution is -0.127. The van der Waals surface area contributed by atoms with Crippen LogP contribution in [-0.4, -0.2) is 72.0 Å². The van der Waals surface area contributed by atoms with Crippen LogP contribution in [0, 0.1) is 0 Å². The number of hydrogen-bond acceptors (Lipinski definition) is 7. The molecular weight excluding hydrogens is 445 g/mol.